The van der Waals surface area contributed by atoms with E-state index in [1.807, 2.05) is 0 Å². The van der Waals surface area contributed by atoms with Crippen LogP contribution in [0, 0.1) is 0 Å². The zero-order valence-electron chi connectivity index (χ0n) is 18.6. The van der Waals surface area contributed by atoms with Crippen LogP contribution in [-0.4, -0.2) is 114 Å². The summed E-state index contributed by atoms with van der Waals surface area (Å²) in [7, 11) is -3.51. The van der Waals surface area contributed by atoms with E-state index in [1.54, 1.807) is 24.3 Å². The quantitative estimate of drug-likeness (QED) is 0.433. The van der Waals surface area contributed by atoms with Crippen molar-refractivity contribution < 1.29 is 35.8 Å². The first-order valence-corrected chi connectivity index (χ1v) is 12.6. The third kappa shape index (κ3) is 8.69. The summed E-state index contributed by atoms with van der Waals surface area (Å²) in [5.41, 5.74) is 0. The van der Waals surface area contributed by atoms with Gasteiger partial charge in [-0.2, -0.15) is 17.5 Å². The molecule has 0 aliphatic carbocycles. The molecule has 1 aromatic carbocycles. The molecular weight excluding hydrogens is 463 g/mol. The molecule has 0 spiro atoms. The fourth-order valence-electron chi connectivity index (χ4n) is 3.75. The second-order valence-electron chi connectivity index (χ2n) is 8.04. The highest BCUT2D eigenvalue weighted by Crippen LogP contribution is 2.20. The number of hydrogen-bond donors (Lipinski definition) is 0. The highest BCUT2D eigenvalue weighted by molar-refractivity contribution is 7.89. The van der Waals surface area contributed by atoms with Crippen LogP contribution in [-0.2, 0) is 19.5 Å². The van der Waals surface area contributed by atoms with E-state index in [1.165, 1.54) is 4.31 Å². The second kappa shape index (κ2) is 12.3. The molecule has 2 saturated heterocycles. The molecule has 2 heterocycles. The maximum atomic E-state index is 12.7. The lowest BCUT2D eigenvalue weighted by Crippen LogP contribution is -2.47. The highest BCUT2D eigenvalue weighted by atomic mass is 32.2. The first-order chi connectivity index (χ1) is 15.7. The number of rotatable bonds is 11. The number of benzene rings is 1. The van der Waals surface area contributed by atoms with Crippen molar-refractivity contribution in [2.24, 2.45) is 0 Å². The van der Waals surface area contributed by atoms with E-state index in [4.69, 9.17) is 9.47 Å². The summed E-state index contributed by atoms with van der Waals surface area (Å²) >= 11 is 0. The third-order valence-electron chi connectivity index (χ3n) is 5.60. The van der Waals surface area contributed by atoms with Crippen molar-refractivity contribution in [1.82, 2.24) is 14.1 Å². The number of morpholine rings is 1. The Morgan fingerprint density at radius 3 is 2.09 bits per heavy atom. The number of alkyl halides is 3. The molecule has 1 aromatic rings. The van der Waals surface area contributed by atoms with Crippen molar-refractivity contribution in [3.05, 3.63) is 24.3 Å². The average molecular weight is 496 g/mol. The number of hydrogen-bond acceptors (Lipinski definition) is 7. The molecule has 0 bridgehead atoms. The van der Waals surface area contributed by atoms with Gasteiger partial charge in [0.1, 0.15) is 19.0 Å². The smallest absolute Gasteiger partial charge is 0.411 e. The molecule has 188 valence electrons. The maximum absolute atomic E-state index is 12.7. The zero-order valence-corrected chi connectivity index (χ0v) is 19.5. The fraction of sp³-hybridized carbons (Fsp3) is 0.714. The number of sulfonamides is 1. The van der Waals surface area contributed by atoms with Crippen LogP contribution >= 0.6 is 0 Å². The Morgan fingerprint density at radius 2 is 1.48 bits per heavy atom. The summed E-state index contributed by atoms with van der Waals surface area (Å²) in [6.45, 7) is 5.86. The van der Waals surface area contributed by atoms with Gasteiger partial charge in [0, 0.05) is 59.0 Å². The predicted octanol–water partition coefficient (Wildman–Crippen LogP) is 1.67. The van der Waals surface area contributed by atoms with Crippen molar-refractivity contribution in [2.45, 2.75) is 17.5 Å². The van der Waals surface area contributed by atoms with Crippen LogP contribution in [0.25, 0.3) is 0 Å². The fourth-order valence-corrected chi connectivity index (χ4v) is 5.16. The van der Waals surface area contributed by atoms with Crippen LogP contribution in [0.1, 0.15) is 6.42 Å². The lowest BCUT2D eigenvalue weighted by molar-refractivity contribution is -0.174. The van der Waals surface area contributed by atoms with Gasteiger partial charge in [0.05, 0.1) is 18.1 Å². The summed E-state index contributed by atoms with van der Waals surface area (Å²) < 4.78 is 78.5. The Hall–Kier alpha value is -1.44. The Balaban J connectivity index is 1.30. The lowest BCUT2D eigenvalue weighted by atomic mass is 10.3. The van der Waals surface area contributed by atoms with E-state index in [0.717, 1.165) is 39.3 Å². The first-order valence-electron chi connectivity index (χ1n) is 11.1. The van der Waals surface area contributed by atoms with Gasteiger partial charge in [0.25, 0.3) is 0 Å². The largest absolute Gasteiger partial charge is 0.492 e. The van der Waals surface area contributed by atoms with Gasteiger partial charge >= 0.3 is 6.18 Å². The van der Waals surface area contributed by atoms with Gasteiger partial charge in [-0.25, -0.2) is 8.42 Å². The molecule has 0 radical (unpaired) electrons. The number of nitrogens with zero attached hydrogens (tertiary/aromatic N) is 3. The molecule has 0 N–H and O–H groups in total. The molecule has 2 aliphatic rings. The van der Waals surface area contributed by atoms with E-state index >= 15 is 0 Å². The topological polar surface area (TPSA) is 71.6 Å². The summed E-state index contributed by atoms with van der Waals surface area (Å²) in [5.74, 6) is 0.619. The summed E-state index contributed by atoms with van der Waals surface area (Å²) in [4.78, 5) is 4.74. The van der Waals surface area contributed by atoms with Crippen LogP contribution in [0.15, 0.2) is 29.2 Å². The zero-order chi connectivity index (χ0) is 23.7. The number of ether oxygens (including phenoxy) is 3. The maximum Gasteiger partial charge on any atom is 0.411 e. The Labute approximate surface area is 193 Å². The van der Waals surface area contributed by atoms with Crippen molar-refractivity contribution in [3.8, 4) is 5.75 Å². The number of halogens is 3. The monoisotopic (exact) mass is 495 g/mol. The van der Waals surface area contributed by atoms with E-state index in [0.29, 0.717) is 45.1 Å². The van der Waals surface area contributed by atoms with Gasteiger partial charge in [-0.05, 0) is 30.7 Å². The van der Waals surface area contributed by atoms with Crippen LogP contribution < -0.4 is 4.74 Å². The first kappa shape index (κ1) is 26.2. The molecule has 0 atom stereocenters. The van der Waals surface area contributed by atoms with Gasteiger partial charge in [-0.15, -0.1) is 0 Å². The minimum atomic E-state index is -4.27. The summed E-state index contributed by atoms with van der Waals surface area (Å²) in [6.07, 6.45) is -3.69. The van der Waals surface area contributed by atoms with Crippen molar-refractivity contribution in [1.29, 1.82) is 0 Å². The molecule has 0 amide bonds. The summed E-state index contributed by atoms with van der Waals surface area (Å²) in [5, 5.41) is 0. The van der Waals surface area contributed by atoms with E-state index < -0.39 is 22.8 Å². The average Bonchev–Trinajstić information content (AvgIpc) is 2.80. The molecule has 0 aromatic heterocycles. The second-order valence-corrected chi connectivity index (χ2v) is 9.98. The van der Waals surface area contributed by atoms with Gasteiger partial charge in [0.2, 0.25) is 10.0 Å². The van der Waals surface area contributed by atoms with Gasteiger partial charge in [-0.3, -0.25) is 4.90 Å². The van der Waals surface area contributed by atoms with Gasteiger partial charge in [0.15, 0.2) is 0 Å². The van der Waals surface area contributed by atoms with Crippen molar-refractivity contribution in [2.75, 3.05) is 85.4 Å². The summed E-state index contributed by atoms with van der Waals surface area (Å²) in [6, 6.07) is 6.48. The lowest BCUT2D eigenvalue weighted by Gasteiger charge is -2.34. The predicted molar refractivity (Wildman–Crippen MR) is 116 cm³/mol. The highest BCUT2D eigenvalue weighted by Gasteiger charge is 2.27. The molecule has 2 fully saturated rings. The van der Waals surface area contributed by atoms with E-state index in [9.17, 15) is 21.6 Å². The molecule has 12 heteroatoms. The Bertz CT molecular complexity index is 809. The molecule has 33 heavy (non-hydrogen) atoms. The van der Waals surface area contributed by atoms with E-state index in [-0.39, 0.29) is 11.5 Å². The van der Waals surface area contributed by atoms with Gasteiger partial charge in [-0.1, -0.05) is 0 Å². The van der Waals surface area contributed by atoms with Crippen molar-refractivity contribution >= 4 is 10.0 Å². The van der Waals surface area contributed by atoms with E-state index in [2.05, 4.69) is 14.5 Å². The molecule has 2 aliphatic heterocycles. The molecule has 0 unspecified atom stereocenters. The Morgan fingerprint density at radius 1 is 0.879 bits per heavy atom. The third-order valence-corrected chi connectivity index (χ3v) is 7.51. The standard InChI is InChI=1S/C21H32F3N3O5S/c22-21(23,24)18-31-14-1-6-25-7-9-26(10-8-25)11-17-32-19-2-4-20(5-3-19)33(28,29)27-12-15-30-16-13-27/h2-5H,1,6-18H2. The minimum Gasteiger partial charge on any atom is -0.492 e. The van der Waals surface area contributed by atoms with Crippen LogP contribution in [0.5, 0.6) is 5.75 Å². The molecule has 0 saturated carbocycles. The molecular formula is C21H32F3N3O5S. The minimum absolute atomic E-state index is 0.111. The molecule has 3 rings (SSSR count). The van der Waals surface area contributed by atoms with Gasteiger partial charge < -0.3 is 19.1 Å². The van der Waals surface area contributed by atoms with Crippen LogP contribution in [0.2, 0.25) is 0 Å². The SMILES string of the molecule is O=S(=O)(c1ccc(OCCN2CCN(CCCOCC(F)(F)F)CC2)cc1)N1CCOCC1. The number of piperazine rings is 1. The molecule has 8 nitrogen and oxygen atoms in total. The Kier molecular flexibility index (Phi) is 9.77. The van der Waals surface area contributed by atoms with Crippen LogP contribution in [0.4, 0.5) is 13.2 Å². The van der Waals surface area contributed by atoms with Crippen molar-refractivity contribution in [3.63, 3.8) is 0 Å². The van der Waals surface area contributed by atoms with Crippen LogP contribution in [0.3, 0.4) is 0 Å². The normalized spacial score (nSPS) is 19.6.